The second-order valence-corrected chi connectivity index (χ2v) is 4.65. The highest BCUT2D eigenvalue weighted by Gasteiger charge is 2.30. The molecule has 0 amide bonds. The van der Waals surface area contributed by atoms with Gasteiger partial charge in [-0.1, -0.05) is 6.57 Å². The van der Waals surface area contributed by atoms with E-state index in [9.17, 15) is 0 Å². The molecule has 0 spiro atoms. The minimum atomic E-state index is -0.244. The Labute approximate surface area is 110 Å². The number of hydrogen-bond donors (Lipinski definition) is 1. The van der Waals surface area contributed by atoms with E-state index in [1.54, 1.807) is 10.7 Å². The van der Waals surface area contributed by atoms with E-state index in [-0.39, 0.29) is 11.9 Å². The molecule has 2 aromatic rings. The molecule has 1 atom stereocenters. The molecule has 0 bridgehead atoms. The summed E-state index contributed by atoms with van der Waals surface area (Å²) in [6.45, 7) is 8.84. The molecule has 1 saturated carbocycles. The predicted molar refractivity (Wildman–Crippen MR) is 67.8 cm³/mol. The number of nitrogens with two attached hydrogens (primary N) is 1. The Morgan fingerprint density at radius 1 is 1.47 bits per heavy atom. The zero-order chi connectivity index (χ0) is 13.4. The first kappa shape index (κ1) is 11.7. The van der Waals surface area contributed by atoms with Gasteiger partial charge in [0.15, 0.2) is 17.5 Å². The van der Waals surface area contributed by atoms with Crippen molar-refractivity contribution in [3.05, 3.63) is 35.5 Å². The van der Waals surface area contributed by atoms with Crippen molar-refractivity contribution in [2.45, 2.75) is 31.7 Å². The Kier molecular flexibility index (Phi) is 2.72. The molecule has 19 heavy (non-hydrogen) atoms. The smallest absolute Gasteiger partial charge is 0.274 e. The maximum absolute atomic E-state index is 6.99. The number of nitrogens with zero attached hydrogens (tertiary/aromatic N) is 6. The minimum absolute atomic E-state index is 0.244. The summed E-state index contributed by atoms with van der Waals surface area (Å²) < 4.78 is 1.62. The van der Waals surface area contributed by atoms with Crippen LogP contribution in [-0.4, -0.2) is 24.7 Å². The van der Waals surface area contributed by atoms with E-state index in [4.69, 9.17) is 12.3 Å². The SMILES string of the molecule is [C-]#[N+]c1cc(-n2nc(C3CC3)nc2[C@H](C)N)ncn1. The van der Waals surface area contributed by atoms with Crippen LogP contribution in [0.1, 0.15) is 43.4 Å². The zero-order valence-electron chi connectivity index (χ0n) is 10.5. The van der Waals surface area contributed by atoms with Crippen molar-refractivity contribution in [1.82, 2.24) is 24.7 Å². The van der Waals surface area contributed by atoms with Gasteiger partial charge < -0.3 is 10.6 Å². The molecule has 0 aromatic carbocycles. The average Bonchev–Trinajstić information content (AvgIpc) is 3.17. The van der Waals surface area contributed by atoms with Crippen LogP contribution in [0.15, 0.2) is 12.4 Å². The van der Waals surface area contributed by atoms with Crippen LogP contribution in [0, 0.1) is 6.57 Å². The summed E-state index contributed by atoms with van der Waals surface area (Å²) in [7, 11) is 0. The van der Waals surface area contributed by atoms with E-state index in [0.29, 0.717) is 17.6 Å². The molecule has 1 aliphatic rings. The maximum Gasteiger partial charge on any atom is 0.274 e. The van der Waals surface area contributed by atoms with Crippen molar-refractivity contribution in [3.8, 4) is 5.82 Å². The number of hydrogen-bond acceptors (Lipinski definition) is 5. The lowest BCUT2D eigenvalue weighted by Gasteiger charge is -2.06. The normalized spacial score (nSPS) is 16.1. The predicted octanol–water partition coefficient (Wildman–Crippen LogP) is 1.51. The molecule has 0 aliphatic heterocycles. The van der Waals surface area contributed by atoms with E-state index in [0.717, 1.165) is 18.7 Å². The van der Waals surface area contributed by atoms with E-state index in [2.05, 4.69) is 24.9 Å². The summed E-state index contributed by atoms with van der Waals surface area (Å²) in [5.74, 6) is 2.74. The lowest BCUT2D eigenvalue weighted by Crippen LogP contribution is -2.14. The monoisotopic (exact) mass is 255 g/mol. The van der Waals surface area contributed by atoms with Crippen LogP contribution in [0.5, 0.6) is 0 Å². The van der Waals surface area contributed by atoms with Crippen molar-refractivity contribution in [2.24, 2.45) is 5.73 Å². The third kappa shape index (κ3) is 2.18. The van der Waals surface area contributed by atoms with E-state index >= 15 is 0 Å². The molecular formula is C12H13N7. The van der Waals surface area contributed by atoms with Gasteiger partial charge in [-0.25, -0.2) is 4.98 Å². The van der Waals surface area contributed by atoms with Crippen molar-refractivity contribution < 1.29 is 0 Å². The van der Waals surface area contributed by atoms with E-state index < -0.39 is 0 Å². The maximum atomic E-state index is 6.99. The fourth-order valence-electron chi connectivity index (χ4n) is 1.83. The minimum Gasteiger partial charge on any atom is -0.360 e. The molecule has 2 N–H and O–H groups in total. The molecular weight excluding hydrogens is 242 g/mol. The highest BCUT2D eigenvalue weighted by atomic mass is 15.4. The molecule has 96 valence electrons. The third-order valence-corrected chi connectivity index (χ3v) is 2.97. The summed E-state index contributed by atoms with van der Waals surface area (Å²) in [5, 5.41) is 4.47. The number of aromatic nitrogens is 5. The molecule has 1 fully saturated rings. The van der Waals surface area contributed by atoms with Crippen LogP contribution in [-0.2, 0) is 0 Å². The third-order valence-electron chi connectivity index (χ3n) is 2.97. The van der Waals surface area contributed by atoms with Crippen molar-refractivity contribution in [1.29, 1.82) is 0 Å². The first-order valence-corrected chi connectivity index (χ1v) is 6.11. The Balaban J connectivity index is 2.09. The van der Waals surface area contributed by atoms with E-state index in [1.807, 2.05) is 6.92 Å². The van der Waals surface area contributed by atoms with Gasteiger partial charge in [-0.15, -0.1) is 10.1 Å². The molecule has 7 heteroatoms. The second kappa shape index (κ2) is 4.40. The second-order valence-electron chi connectivity index (χ2n) is 4.65. The summed E-state index contributed by atoms with van der Waals surface area (Å²) in [6.07, 6.45) is 3.60. The van der Waals surface area contributed by atoms with Gasteiger partial charge in [0.25, 0.3) is 5.82 Å². The highest BCUT2D eigenvalue weighted by Crippen LogP contribution is 2.38. The standard InChI is InChI=1S/C12H13N7/c1-7(13)12-17-11(8-3-4-8)18-19(12)10-5-9(14-2)15-6-16-10/h5-8H,3-4,13H2,1H3/t7-/m0/s1. The van der Waals surface area contributed by atoms with Crippen LogP contribution in [0.4, 0.5) is 5.82 Å². The van der Waals surface area contributed by atoms with Gasteiger partial charge in [0.1, 0.15) is 0 Å². The molecule has 0 saturated heterocycles. The largest absolute Gasteiger partial charge is 0.360 e. The van der Waals surface area contributed by atoms with Crippen LogP contribution >= 0.6 is 0 Å². The summed E-state index contributed by atoms with van der Waals surface area (Å²) in [6, 6.07) is 1.34. The first-order chi connectivity index (χ1) is 9.19. The Morgan fingerprint density at radius 2 is 2.26 bits per heavy atom. The topological polar surface area (TPSA) is 86.9 Å². The van der Waals surface area contributed by atoms with Gasteiger partial charge in [-0.2, -0.15) is 9.67 Å². The average molecular weight is 255 g/mol. The van der Waals surface area contributed by atoms with Gasteiger partial charge >= 0.3 is 0 Å². The van der Waals surface area contributed by atoms with Gasteiger partial charge in [0.05, 0.1) is 6.04 Å². The quantitative estimate of drug-likeness (QED) is 0.840. The van der Waals surface area contributed by atoms with E-state index in [1.165, 1.54) is 6.33 Å². The molecule has 0 unspecified atom stereocenters. The Bertz CT molecular complexity index is 648. The number of rotatable bonds is 3. The fourth-order valence-corrected chi connectivity index (χ4v) is 1.83. The Hall–Kier alpha value is -2.33. The lowest BCUT2D eigenvalue weighted by atomic mass is 10.3. The van der Waals surface area contributed by atoms with Crippen molar-refractivity contribution >= 4 is 5.82 Å². The van der Waals surface area contributed by atoms with Gasteiger partial charge in [-0.3, -0.25) is 0 Å². The summed E-state index contributed by atoms with van der Waals surface area (Å²) >= 11 is 0. The van der Waals surface area contributed by atoms with Crippen LogP contribution in [0.2, 0.25) is 0 Å². The zero-order valence-corrected chi connectivity index (χ0v) is 10.5. The molecule has 7 nitrogen and oxygen atoms in total. The van der Waals surface area contributed by atoms with Crippen molar-refractivity contribution in [2.75, 3.05) is 0 Å². The molecule has 2 aromatic heterocycles. The summed E-state index contributed by atoms with van der Waals surface area (Å²) in [5.41, 5.74) is 5.93. The van der Waals surface area contributed by atoms with Gasteiger partial charge in [0.2, 0.25) is 6.33 Å². The van der Waals surface area contributed by atoms with Gasteiger partial charge in [-0.05, 0) is 19.8 Å². The van der Waals surface area contributed by atoms with Crippen LogP contribution in [0.25, 0.3) is 10.7 Å². The first-order valence-electron chi connectivity index (χ1n) is 6.11. The molecule has 3 rings (SSSR count). The molecule has 2 heterocycles. The Morgan fingerprint density at radius 3 is 2.89 bits per heavy atom. The fraction of sp³-hybridized carbons (Fsp3) is 0.417. The van der Waals surface area contributed by atoms with Crippen molar-refractivity contribution in [3.63, 3.8) is 0 Å². The van der Waals surface area contributed by atoms with Crippen LogP contribution < -0.4 is 5.73 Å². The van der Waals surface area contributed by atoms with Gasteiger partial charge in [0, 0.05) is 12.0 Å². The highest BCUT2D eigenvalue weighted by molar-refractivity contribution is 5.41. The molecule has 0 radical (unpaired) electrons. The lowest BCUT2D eigenvalue weighted by molar-refractivity contribution is 0.679. The van der Waals surface area contributed by atoms with Crippen LogP contribution in [0.3, 0.4) is 0 Å². The summed E-state index contributed by atoms with van der Waals surface area (Å²) in [4.78, 5) is 15.8. The molecule has 1 aliphatic carbocycles.